The van der Waals surface area contributed by atoms with Gasteiger partial charge in [-0.15, -0.1) is 0 Å². The Morgan fingerprint density at radius 3 is 2.68 bits per heavy atom. The van der Waals surface area contributed by atoms with Crippen LogP contribution >= 0.6 is 15.9 Å². The summed E-state index contributed by atoms with van der Waals surface area (Å²) in [4.78, 5) is 4.32. The van der Waals surface area contributed by atoms with E-state index in [0.717, 1.165) is 24.0 Å². The van der Waals surface area contributed by atoms with Crippen LogP contribution in [0.1, 0.15) is 29.4 Å². The van der Waals surface area contributed by atoms with Gasteiger partial charge in [-0.25, -0.2) is 0 Å². The molecular formula is C16H17BrN2. The van der Waals surface area contributed by atoms with Crippen LogP contribution in [0.3, 0.4) is 0 Å². The Morgan fingerprint density at radius 1 is 1.05 bits per heavy atom. The predicted octanol–water partition coefficient (Wildman–Crippen LogP) is 3.70. The summed E-state index contributed by atoms with van der Waals surface area (Å²) in [6.45, 7) is 2.13. The molecule has 1 N–H and O–H groups in total. The third kappa shape index (κ3) is 2.88. The summed E-state index contributed by atoms with van der Waals surface area (Å²) < 4.78 is 1.07. The van der Waals surface area contributed by atoms with Crippen molar-refractivity contribution in [3.8, 4) is 0 Å². The summed E-state index contributed by atoms with van der Waals surface area (Å²) in [6, 6.07) is 13.0. The second-order valence-corrected chi connectivity index (χ2v) is 5.97. The zero-order chi connectivity index (χ0) is 13.1. The van der Waals surface area contributed by atoms with E-state index in [1.54, 1.807) is 0 Å². The molecule has 1 aliphatic rings. The van der Waals surface area contributed by atoms with Gasteiger partial charge >= 0.3 is 0 Å². The predicted molar refractivity (Wildman–Crippen MR) is 81.3 cm³/mol. The van der Waals surface area contributed by atoms with Crippen LogP contribution in [0, 0.1) is 0 Å². The zero-order valence-corrected chi connectivity index (χ0v) is 12.3. The lowest BCUT2D eigenvalue weighted by molar-refractivity contribution is 0.403. The van der Waals surface area contributed by atoms with Gasteiger partial charge in [0.15, 0.2) is 0 Å². The van der Waals surface area contributed by atoms with Crippen LogP contribution in [0.4, 0.5) is 0 Å². The van der Waals surface area contributed by atoms with Gasteiger partial charge in [0.25, 0.3) is 0 Å². The maximum Gasteiger partial charge on any atom is 0.0410 e. The van der Waals surface area contributed by atoms with Gasteiger partial charge in [-0.3, -0.25) is 4.98 Å². The zero-order valence-electron chi connectivity index (χ0n) is 10.7. The van der Waals surface area contributed by atoms with Crippen LogP contribution < -0.4 is 5.32 Å². The van der Waals surface area contributed by atoms with Gasteiger partial charge in [-0.2, -0.15) is 0 Å². The van der Waals surface area contributed by atoms with Crippen LogP contribution in [0.5, 0.6) is 0 Å². The highest BCUT2D eigenvalue weighted by Gasteiger charge is 2.27. The summed E-state index contributed by atoms with van der Waals surface area (Å²) in [7, 11) is 0. The molecule has 0 amide bonds. The molecule has 0 aliphatic carbocycles. The molecule has 2 heterocycles. The normalized spacial score (nSPS) is 23.2. The summed E-state index contributed by atoms with van der Waals surface area (Å²) in [5.74, 6) is 1.08. The molecule has 3 rings (SSSR count). The van der Waals surface area contributed by atoms with Gasteiger partial charge in [0.1, 0.15) is 0 Å². The summed E-state index contributed by atoms with van der Waals surface area (Å²) in [6.07, 6.45) is 5.02. The Hall–Kier alpha value is -1.19. The van der Waals surface area contributed by atoms with E-state index in [1.165, 1.54) is 11.1 Å². The van der Waals surface area contributed by atoms with Gasteiger partial charge in [0.2, 0.25) is 0 Å². The van der Waals surface area contributed by atoms with Crippen molar-refractivity contribution in [2.45, 2.75) is 18.3 Å². The average molecular weight is 317 g/mol. The highest BCUT2D eigenvalue weighted by molar-refractivity contribution is 9.10. The van der Waals surface area contributed by atoms with Crippen molar-refractivity contribution in [2.24, 2.45) is 0 Å². The van der Waals surface area contributed by atoms with Gasteiger partial charge in [-0.05, 0) is 52.0 Å². The SMILES string of the molecule is Brc1cncc(C2CCNCC2c2ccccc2)c1. The van der Waals surface area contributed by atoms with Crippen LogP contribution in [0.25, 0.3) is 0 Å². The van der Waals surface area contributed by atoms with Crippen molar-refractivity contribution in [3.63, 3.8) is 0 Å². The molecular weight excluding hydrogens is 300 g/mol. The minimum Gasteiger partial charge on any atom is -0.316 e. The number of hydrogen-bond acceptors (Lipinski definition) is 2. The topological polar surface area (TPSA) is 24.9 Å². The molecule has 1 saturated heterocycles. The number of rotatable bonds is 2. The smallest absolute Gasteiger partial charge is 0.0410 e. The van der Waals surface area contributed by atoms with E-state index in [-0.39, 0.29) is 0 Å². The Labute approximate surface area is 122 Å². The molecule has 1 aromatic heterocycles. The fourth-order valence-corrected chi connectivity index (χ4v) is 3.32. The molecule has 2 nitrogen and oxygen atoms in total. The standard InChI is InChI=1S/C16H17BrN2/c17-14-8-13(9-19-10-14)15-6-7-18-11-16(15)12-4-2-1-3-5-12/h1-5,8-10,15-16,18H,6-7,11H2. The van der Waals surface area contributed by atoms with Gasteiger partial charge in [0, 0.05) is 29.3 Å². The van der Waals surface area contributed by atoms with Crippen LogP contribution in [0.2, 0.25) is 0 Å². The average Bonchev–Trinajstić information content (AvgIpc) is 2.48. The quantitative estimate of drug-likeness (QED) is 0.913. The fourth-order valence-electron chi connectivity index (χ4n) is 2.94. The van der Waals surface area contributed by atoms with E-state index >= 15 is 0 Å². The Morgan fingerprint density at radius 2 is 1.89 bits per heavy atom. The fraction of sp³-hybridized carbons (Fsp3) is 0.312. The number of benzene rings is 1. The largest absolute Gasteiger partial charge is 0.316 e. The maximum absolute atomic E-state index is 4.32. The maximum atomic E-state index is 4.32. The van der Waals surface area contributed by atoms with Crippen molar-refractivity contribution in [3.05, 3.63) is 64.4 Å². The number of nitrogens with one attached hydrogen (secondary N) is 1. The highest BCUT2D eigenvalue weighted by atomic mass is 79.9. The Bertz CT molecular complexity index is 541. The highest BCUT2D eigenvalue weighted by Crippen LogP contribution is 2.37. The van der Waals surface area contributed by atoms with Crippen molar-refractivity contribution >= 4 is 15.9 Å². The van der Waals surface area contributed by atoms with Gasteiger partial charge in [0.05, 0.1) is 0 Å². The molecule has 1 aromatic carbocycles. The molecule has 3 heteroatoms. The summed E-state index contributed by atoms with van der Waals surface area (Å²) in [5.41, 5.74) is 2.75. The number of hydrogen-bond donors (Lipinski definition) is 1. The Balaban J connectivity index is 1.93. The number of pyridine rings is 1. The molecule has 0 spiro atoms. The molecule has 0 radical (unpaired) electrons. The van der Waals surface area contributed by atoms with E-state index < -0.39 is 0 Å². The number of aromatic nitrogens is 1. The minimum atomic E-state index is 0.533. The van der Waals surface area contributed by atoms with E-state index in [4.69, 9.17) is 0 Å². The van der Waals surface area contributed by atoms with E-state index in [2.05, 4.69) is 62.6 Å². The monoisotopic (exact) mass is 316 g/mol. The second kappa shape index (κ2) is 5.85. The first-order valence-corrected chi connectivity index (χ1v) is 7.50. The van der Waals surface area contributed by atoms with Crippen molar-refractivity contribution < 1.29 is 0 Å². The van der Waals surface area contributed by atoms with Crippen molar-refractivity contribution in [1.82, 2.24) is 10.3 Å². The second-order valence-electron chi connectivity index (χ2n) is 5.05. The lowest BCUT2D eigenvalue weighted by atomic mass is 9.78. The Kier molecular flexibility index (Phi) is 3.95. The van der Waals surface area contributed by atoms with Crippen LogP contribution in [-0.4, -0.2) is 18.1 Å². The summed E-state index contributed by atoms with van der Waals surface area (Å²) in [5, 5.41) is 3.52. The molecule has 2 unspecified atom stereocenters. The number of nitrogens with zero attached hydrogens (tertiary/aromatic N) is 1. The first-order valence-electron chi connectivity index (χ1n) is 6.71. The molecule has 2 atom stereocenters. The molecule has 19 heavy (non-hydrogen) atoms. The first kappa shape index (κ1) is 12.8. The minimum absolute atomic E-state index is 0.533. The number of halogens is 1. The van der Waals surface area contributed by atoms with Gasteiger partial charge < -0.3 is 5.32 Å². The molecule has 98 valence electrons. The molecule has 0 saturated carbocycles. The van der Waals surface area contributed by atoms with Gasteiger partial charge in [-0.1, -0.05) is 30.3 Å². The molecule has 2 aromatic rings. The first-order chi connectivity index (χ1) is 9.34. The van der Waals surface area contributed by atoms with Crippen LogP contribution in [0.15, 0.2) is 53.3 Å². The third-order valence-corrected chi connectivity index (χ3v) is 4.30. The molecule has 1 fully saturated rings. The molecule has 0 bridgehead atoms. The van der Waals surface area contributed by atoms with E-state index in [1.807, 2.05) is 12.4 Å². The lowest BCUT2D eigenvalue weighted by Gasteiger charge is -2.32. The summed E-state index contributed by atoms with van der Waals surface area (Å²) >= 11 is 3.53. The number of piperidine rings is 1. The van der Waals surface area contributed by atoms with Crippen molar-refractivity contribution in [1.29, 1.82) is 0 Å². The van der Waals surface area contributed by atoms with E-state index in [0.29, 0.717) is 11.8 Å². The van der Waals surface area contributed by atoms with E-state index in [9.17, 15) is 0 Å². The lowest BCUT2D eigenvalue weighted by Crippen LogP contribution is -2.34. The van der Waals surface area contributed by atoms with Crippen LogP contribution in [-0.2, 0) is 0 Å². The molecule has 1 aliphatic heterocycles. The third-order valence-electron chi connectivity index (χ3n) is 3.86. The van der Waals surface area contributed by atoms with Crippen molar-refractivity contribution in [2.75, 3.05) is 13.1 Å².